The molecule has 3 N–H and O–H groups in total. The van der Waals surface area contributed by atoms with Gasteiger partial charge in [-0.05, 0) is 99.7 Å². The minimum atomic E-state index is -0.206. The second kappa shape index (κ2) is 7.23. The summed E-state index contributed by atoms with van der Waals surface area (Å²) in [7, 11) is 0. The summed E-state index contributed by atoms with van der Waals surface area (Å²) < 4.78 is 0. The van der Waals surface area contributed by atoms with Gasteiger partial charge in [-0.3, -0.25) is 9.59 Å². The number of rotatable bonds is 4. The SMILES string of the molecule is CCNC(=O)c1ccc(NC(=S)NC(=O)C23CC4CC(CC(C4)C2)C3)cc1. The molecule has 4 fully saturated rings. The number of carbonyl (C=O) groups excluding carboxylic acids is 2. The third-order valence-electron chi connectivity index (χ3n) is 6.49. The molecule has 4 bridgehead atoms. The molecule has 4 aliphatic rings. The second-order valence-electron chi connectivity index (χ2n) is 8.54. The van der Waals surface area contributed by atoms with Gasteiger partial charge in [0.25, 0.3) is 5.91 Å². The summed E-state index contributed by atoms with van der Waals surface area (Å²) in [4.78, 5) is 24.8. The molecule has 0 spiro atoms. The Hall–Kier alpha value is -1.95. The van der Waals surface area contributed by atoms with Crippen molar-refractivity contribution in [2.75, 3.05) is 11.9 Å². The lowest BCUT2D eigenvalue weighted by Gasteiger charge is -2.55. The van der Waals surface area contributed by atoms with E-state index in [9.17, 15) is 9.59 Å². The summed E-state index contributed by atoms with van der Waals surface area (Å²) in [6, 6.07) is 7.09. The molecular formula is C21H27N3O2S. The summed E-state index contributed by atoms with van der Waals surface area (Å²) in [5, 5.41) is 9.12. The molecule has 4 saturated carbocycles. The molecule has 0 aliphatic heterocycles. The molecule has 5 nitrogen and oxygen atoms in total. The molecule has 0 aromatic heterocycles. The molecule has 0 saturated heterocycles. The maximum Gasteiger partial charge on any atom is 0.251 e. The van der Waals surface area contributed by atoms with E-state index in [4.69, 9.17) is 12.2 Å². The summed E-state index contributed by atoms with van der Waals surface area (Å²) in [5.74, 6) is 2.18. The minimum Gasteiger partial charge on any atom is -0.352 e. The molecule has 144 valence electrons. The highest BCUT2D eigenvalue weighted by Gasteiger charge is 2.54. The van der Waals surface area contributed by atoms with E-state index in [1.165, 1.54) is 19.3 Å². The van der Waals surface area contributed by atoms with Crippen LogP contribution < -0.4 is 16.0 Å². The Kier molecular flexibility index (Phi) is 4.93. The second-order valence-corrected chi connectivity index (χ2v) is 8.95. The van der Waals surface area contributed by atoms with Crippen molar-refractivity contribution >= 4 is 34.8 Å². The zero-order chi connectivity index (χ0) is 19.0. The Bertz CT molecular complexity index is 724. The molecule has 0 unspecified atom stereocenters. The van der Waals surface area contributed by atoms with Crippen molar-refractivity contribution < 1.29 is 9.59 Å². The van der Waals surface area contributed by atoms with Crippen molar-refractivity contribution in [3.63, 3.8) is 0 Å². The first-order valence-corrected chi connectivity index (χ1v) is 10.4. The standard InChI is InChI=1S/C21H27N3O2S/c1-2-22-18(25)16-3-5-17(6-4-16)23-20(27)24-19(26)21-10-13-7-14(11-21)9-15(8-13)12-21/h3-6,13-15H,2,7-12H2,1H3,(H,22,25)(H2,23,24,26,27). The molecular weight excluding hydrogens is 358 g/mol. The number of anilines is 1. The quantitative estimate of drug-likeness (QED) is 0.694. The Labute approximate surface area is 165 Å². The van der Waals surface area contributed by atoms with E-state index in [1.807, 2.05) is 6.92 Å². The van der Waals surface area contributed by atoms with Gasteiger partial charge in [0.15, 0.2) is 5.11 Å². The zero-order valence-electron chi connectivity index (χ0n) is 15.7. The largest absolute Gasteiger partial charge is 0.352 e. The van der Waals surface area contributed by atoms with Crippen LogP contribution in [0.4, 0.5) is 5.69 Å². The Balaban J connectivity index is 1.35. The summed E-state index contributed by atoms with van der Waals surface area (Å²) in [6.07, 6.45) is 7.01. The highest BCUT2D eigenvalue weighted by molar-refractivity contribution is 7.80. The molecule has 6 heteroatoms. The minimum absolute atomic E-state index is 0.0954. The molecule has 4 aliphatic carbocycles. The Morgan fingerprint density at radius 1 is 1.04 bits per heavy atom. The third-order valence-corrected chi connectivity index (χ3v) is 6.69. The van der Waals surface area contributed by atoms with Gasteiger partial charge in [-0.1, -0.05) is 0 Å². The molecule has 0 radical (unpaired) electrons. The fraction of sp³-hybridized carbons (Fsp3) is 0.571. The van der Waals surface area contributed by atoms with Gasteiger partial charge in [-0.25, -0.2) is 0 Å². The van der Waals surface area contributed by atoms with Crippen LogP contribution in [0.2, 0.25) is 0 Å². The highest BCUT2D eigenvalue weighted by Crippen LogP contribution is 2.60. The maximum atomic E-state index is 13.0. The van der Waals surface area contributed by atoms with Gasteiger partial charge in [0.05, 0.1) is 5.41 Å². The van der Waals surface area contributed by atoms with E-state index in [1.54, 1.807) is 24.3 Å². The predicted octanol–water partition coefficient (Wildman–Crippen LogP) is 3.47. The lowest BCUT2D eigenvalue weighted by molar-refractivity contribution is -0.144. The van der Waals surface area contributed by atoms with Gasteiger partial charge in [0.1, 0.15) is 0 Å². The summed E-state index contributed by atoms with van der Waals surface area (Å²) >= 11 is 5.37. The fourth-order valence-corrected chi connectivity index (χ4v) is 5.96. The van der Waals surface area contributed by atoms with Crippen LogP contribution in [0.25, 0.3) is 0 Å². The molecule has 2 amide bonds. The van der Waals surface area contributed by atoms with E-state index in [-0.39, 0.29) is 17.2 Å². The molecule has 1 aromatic rings. The first kappa shape index (κ1) is 18.4. The van der Waals surface area contributed by atoms with Crippen LogP contribution in [0, 0.1) is 23.2 Å². The van der Waals surface area contributed by atoms with Crippen LogP contribution >= 0.6 is 12.2 Å². The number of amides is 2. The van der Waals surface area contributed by atoms with Gasteiger partial charge in [0, 0.05) is 17.8 Å². The number of hydrogen-bond acceptors (Lipinski definition) is 3. The smallest absolute Gasteiger partial charge is 0.251 e. The van der Waals surface area contributed by atoms with Gasteiger partial charge >= 0.3 is 0 Å². The number of thiocarbonyl (C=S) groups is 1. The maximum absolute atomic E-state index is 13.0. The van der Waals surface area contributed by atoms with E-state index in [0.29, 0.717) is 17.2 Å². The van der Waals surface area contributed by atoms with Gasteiger partial charge in [-0.15, -0.1) is 0 Å². The molecule has 0 atom stereocenters. The lowest BCUT2D eigenvalue weighted by Crippen LogP contribution is -2.55. The number of hydrogen-bond donors (Lipinski definition) is 3. The van der Waals surface area contributed by atoms with Crippen molar-refractivity contribution in [1.29, 1.82) is 0 Å². The van der Waals surface area contributed by atoms with Crippen molar-refractivity contribution in [2.45, 2.75) is 45.4 Å². The van der Waals surface area contributed by atoms with E-state index < -0.39 is 0 Å². The fourth-order valence-electron chi connectivity index (χ4n) is 5.75. The molecule has 5 rings (SSSR count). The van der Waals surface area contributed by atoms with E-state index >= 15 is 0 Å². The first-order chi connectivity index (χ1) is 13.0. The van der Waals surface area contributed by atoms with Crippen LogP contribution in [0.1, 0.15) is 55.8 Å². The summed E-state index contributed by atoms with van der Waals surface area (Å²) in [6.45, 7) is 2.48. The van der Waals surface area contributed by atoms with E-state index in [2.05, 4.69) is 16.0 Å². The van der Waals surface area contributed by atoms with Crippen LogP contribution in [0.3, 0.4) is 0 Å². The normalized spacial score (nSPS) is 30.6. The van der Waals surface area contributed by atoms with Crippen LogP contribution in [-0.4, -0.2) is 23.5 Å². The molecule has 0 heterocycles. The lowest BCUT2D eigenvalue weighted by atomic mass is 9.49. The zero-order valence-corrected chi connectivity index (χ0v) is 16.5. The van der Waals surface area contributed by atoms with Gasteiger partial charge in [-0.2, -0.15) is 0 Å². The summed E-state index contributed by atoms with van der Waals surface area (Å²) in [5.41, 5.74) is 1.16. The van der Waals surface area contributed by atoms with Crippen molar-refractivity contribution in [3.05, 3.63) is 29.8 Å². The van der Waals surface area contributed by atoms with Crippen molar-refractivity contribution in [3.8, 4) is 0 Å². The van der Waals surface area contributed by atoms with Crippen LogP contribution in [-0.2, 0) is 4.79 Å². The highest BCUT2D eigenvalue weighted by atomic mass is 32.1. The Morgan fingerprint density at radius 3 is 2.11 bits per heavy atom. The third kappa shape index (κ3) is 3.72. The number of nitrogens with one attached hydrogen (secondary N) is 3. The average molecular weight is 386 g/mol. The number of carbonyl (C=O) groups is 2. The molecule has 1 aromatic carbocycles. The van der Waals surface area contributed by atoms with Crippen molar-refractivity contribution in [2.24, 2.45) is 23.2 Å². The van der Waals surface area contributed by atoms with Gasteiger partial charge in [0.2, 0.25) is 5.91 Å². The topological polar surface area (TPSA) is 70.2 Å². The first-order valence-electron chi connectivity index (χ1n) is 9.98. The Morgan fingerprint density at radius 2 is 1.59 bits per heavy atom. The monoisotopic (exact) mass is 385 g/mol. The van der Waals surface area contributed by atoms with Crippen LogP contribution in [0.15, 0.2) is 24.3 Å². The number of benzene rings is 1. The van der Waals surface area contributed by atoms with Crippen molar-refractivity contribution in [1.82, 2.24) is 10.6 Å². The predicted molar refractivity (Wildman–Crippen MR) is 109 cm³/mol. The average Bonchev–Trinajstić information content (AvgIpc) is 2.61. The van der Waals surface area contributed by atoms with Gasteiger partial charge < -0.3 is 16.0 Å². The molecule has 27 heavy (non-hydrogen) atoms. The van der Waals surface area contributed by atoms with Crippen LogP contribution in [0.5, 0.6) is 0 Å². The van der Waals surface area contributed by atoms with E-state index in [0.717, 1.165) is 42.7 Å².